The highest BCUT2D eigenvalue weighted by Crippen LogP contribution is 2.16. The van der Waals surface area contributed by atoms with Gasteiger partial charge >= 0.3 is 6.03 Å². The molecule has 0 saturated carbocycles. The van der Waals surface area contributed by atoms with E-state index >= 15 is 0 Å². The van der Waals surface area contributed by atoms with Gasteiger partial charge in [-0.25, -0.2) is 4.79 Å². The summed E-state index contributed by atoms with van der Waals surface area (Å²) in [6, 6.07) is 15.1. The number of piperidine rings is 1. The van der Waals surface area contributed by atoms with Crippen molar-refractivity contribution >= 4 is 11.9 Å². The predicted molar refractivity (Wildman–Crippen MR) is 108 cm³/mol. The van der Waals surface area contributed by atoms with E-state index in [-0.39, 0.29) is 18.0 Å². The SMILES string of the molecule is COc1ccc(CNC(=O)NC2CCN(C(=O)c3ccccc3C)CC2)cc1. The largest absolute Gasteiger partial charge is 0.497 e. The minimum atomic E-state index is -0.181. The Kier molecular flexibility index (Phi) is 6.53. The second-order valence-electron chi connectivity index (χ2n) is 7.06. The van der Waals surface area contributed by atoms with E-state index in [1.54, 1.807) is 7.11 Å². The van der Waals surface area contributed by atoms with Crippen molar-refractivity contribution in [3.05, 3.63) is 65.2 Å². The summed E-state index contributed by atoms with van der Waals surface area (Å²) in [6.45, 7) is 3.71. The summed E-state index contributed by atoms with van der Waals surface area (Å²) in [5.74, 6) is 0.862. The Morgan fingerprint density at radius 3 is 2.39 bits per heavy atom. The molecule has 1 aliphatic rings. The summed E-state index contributed by atoms with van der Waals surface area (Å²) >= 11 is 0. The van der Waals surface area contributed by atoms with E-state index in [1.165, 1.54) is 0 Å². The van der Waals surface area contributed by atoms with Crippen molar-refractivity contribution in [3.63, 3.8) is 0 Å². The standard InChI is InChI=1S/C22H27N3O3/c1-16-5-3-4-6-20(16)21(26)25-13-11-18(12-14-25)24-22(27)23-15-17-7-9-19(28-2)10-8-17/h3-10,18H,11-15H2,1-2H3,(H2,23,24,27). The lowest BCUT2D eigenvalue weighted by atomic mass is 10.0. The molecule has 1 aliphatic heterocycles. The van der Waals surface area contributed by atoms with Crippen LogP contribution in [-0.4, -0.2) is 43.1 Å². The fraction of sp³-hybridized carbons (Fsp3) is 0.364. The Morgan fingerprint density at radius 1 is 1.07 bits per heavy atom. The molecule has 2 N–H and O–H groups in total. The Balaban J connectivity index is 1.42. The second-order valence-corrected chi connectivity index (χ2v) is 7.06. The molecule has 0 bridgehead atoms. The van der Waals surface area contributed by atoms with Crippen LogP contribution >= 0.6 is 0 Å². The molecule has 1 saturated heterocycles. The zero-order valence-corrected chi connectivity index (χ0v) is 16.4. The van der Waals surface area contributed by atoms with Crippen LogP contribution in [0.15, 0.2) is 48.5 Å². The van der Waals surface area contributed by atoms with E-state index < -0.39 is 0 Å². The van der Waals surface area contributed by atoms with Gasteiger partial charge in [0.25, 0.3) is 5.91 Å². The van der Waals surface area contributed by atoms with Crippen LogP contribution < -0.4 is 15.4 Å². The summed E-state index contributed by atoms with van der Waals surface area (Å²) in [5, 5.41) is 5.89. The molecule has 148 valence electrons. The van der Waals surface area contributed by atoms with E-state index in [0.29, 0.717) is 19.6 Å². The van der Waals surface area contributed by atoms with Gasteiger partial charge in [0.1, 0.15) is 5.75 Å². The number of hydrogen-bond acceptors (Lipinski definition) is 3. The van der Waals surface area contributed by atoms with Crippen molar-refractivity contribution in [2.24, 2.45) is 0 Å². The molecule has 3 amide bonds. The van der Waals surface area contributed by atoms with Gasteiger partial charge in [-0.15, -0.1) is 0 Å². The molecule has 2 aromatic rings. The number of amides is 3. The summed E-state index contributed by atoms with van der Waals surface area (Å²) in [5.41, 5.74) is 2.76. The third-order valence-corrected chi connectivity index (χ3v) is 5.10. The van der Waals surface area contributed by atoms with Crippen LogP contribution in [0.3, 0.4) is 0 Å². The molecule has 2 aromatic carbocycles. The minimum absolute atomic E-state index is 0.0699. The molecular weight excluding hydrogens is 354 g/mol. The Hall–Kier alpha value is -3.02. The lowest BCUT2D eigenvalue weighted by molar-refractivity contribution is 0.0707. The molecule has 1 heterocycles. The molecule has 0 atom stereocenters. The summed E-state index contributed by atoms with van der Waals surface area (Å²) < 4.78 is 5.13. The molecule has 0 unspecified atom stereocenters. The van der Waals surface area contributed by atoms with Crippen LogP contribution in [0.4, 0.5) is 4.79 Å². The van der Waals surface area contributed by atoms with Crippen LogP contribution in [0.5, 0.6) is 5.75 Å². The van der Waals surface area contributed by atoms with Crippen LogP contribution in [0.25, 0.3) is 0 Å². The van der Waals surface area contributed by atoms with Gasteiger partial charge in [0.05, 0.1) is 7.11 Å². The summed E-state index contributed by atoms with van der Waals surface area (Å²) in [6.07, 6.45) is 1.52. The number of aryl methyl sites for hydroxylation is 1. The highest BCUT2D eigenvalue weighted by atomic mass is 16.5. The monoisotopic (exact) mass is 381 g/mol. The highest BCUT2D eigenvalue weighted by Gasteiger charge is 2.25. The number of carbonyl (C=O) groups is 2. The lowest BCUT2D eigenvalue weighted by Gasteiger charge is -2.32. The Labute approximate surface area is 165 Å². The van der Waals surface area contributed by atoms with Gasteiger partial charge in [0.15, 0.2) is 0 Å². The third kappa shape index (κ3) is 5.03. The number of urea groups is 1. The highest BCUT2D eigenvalue weighted by molar-refractivity contribution is 5.95. The normalized spacial score (nSPS) is 14.4. The Bertz CT molecular complexity index is 812. The van der Waals surface area contributed by atoms with Crippen molar-refractivity contribution < 1.29 is 14.3 Å². The van der Waals surface area contributed by atoms with Crippen LogP contribution in [0.2, 0.25) is 0 Å². The zero-order chi connectivity index (χ0) is 19.9. The average Bonchev–Trinajstić information content (AvgIpc) is 2.73. The first-order chi connectivity index (χ1) is 13.6. The fourth-order valence-corrected chi connectivity index (χ4v) is 3.37. The maximum Gasteiger partial charge on any atom is 0.315 e. The molecule has 6 nitrogen and oxygen atoms in total. The smallest absolute Gasteiger partial charge is 0.315 e. The van der Waals surface area contributed by atoms with E-state index in [0.717, 1.165) is 35.3 Å². The number of hydrogen-bond donors (Lipinski definition) is 2. The minimum Gasteiger partial charge on any atom is -0.497 e. The number of ether oxygens (including phenoxy) is 1. The van der Waals surface area contributed by atoms with Gasteiger partial charge in [-0.1, -0.05) is 30.3 Å². The van der Waals surface area contributed by atoms with Crippen LogP contribution in [-0.2, 0) is 6.54 Å². The van der Waals surface area contributed by atoms with Gasteiger partial charge in [-0.3, -0.25) is 4.79 Å². The number of methoxy groups -OCH3 is 1. The molecule has 0 aliphatic carbocycles. The van der Waals surface area contributed by atoms with E-state index in [2.05, 4.69) is 10.6 Å². The number of benzene rings is 2. The molecule has 3 rings (SSSR count). The predicted octanol–water partition coefficient (Wildman–Crippen LogP) is 3.11. The van der Waals surface area contributed by atoms with Crippen molar-refractivity contribution in [1.29, 1.82) is 0 Å². The lowest BCUT2D eigenvalue weighted by Crippen LogP contribution is -2.49. The maximum atomic E-state index is 12.7. The quantitative estimate of drug-likeness (QED) is 0.836. The second kappa shape index (κ2) is 9.26. The first-order valence-corrected chi connectivity index (χ1v) is 9.59. The average molecular weight is 381 g/mol. The fourth-order valence-electron chi connectivity index (χ4n) is 3.37. The molecule has 0 radical (unpaired) electrons. The number of carbonyl (C=O) groups excluding carboxylic acids is 2. The van der Waals surface area contributed by atoms with E-state index in [4.69, 9.17) is 4.74 Å². The van der Waals surface area contributed by atoms with Crippen LogP contribution in [0.1, 0.15) is 34.3 Å². The topological polar surface area (TPSA) is 70.7 Å². The summed E-state index contributed by atoms with van der Waals surface area (Å²) in [7, 11) is 1.63. The van der Waals surface area contributed by atoms with Crippen LogP contribution in [0, 0.1) is 6.92 Å². The summed E-state index contributed by atoms with van der Waals surface area (Å²) in [4.78, 5) is 26.7. The number of nitrogens with one attached hydrogen (secondary N) is 2. The van der Waals surface area contributed by atoms with E-state index in [9.17, 15) is 9.59 Å². The first kappa shape index (κ1) is 19.7. The molecule has 0 aromatic heterocycles. The third-order valence-electron chi connectivity index (χ3n) is 5.10. The van der Waals surface area contributed by atoms with Crippen molar-refractivity contribution in [3.8, 4) is 5.75 Å². The van der Waals surface area contributed by atoms with Gasteiger partial charge in [-0.2, -0.15) is 0 Å². The molecular formula is C22H27N3O3. The zero-order valence-electron chi connectivity index (χ0n) is 16.4. The molecule has 1 fully saturated rings. The first-order valence-electron chi connectivity index (χ1n) is 9.59. The van der Waals surface area contributed by atoms with Gasteiger partial charge < -0.3 is 20.3 Å². The molecule has 28 heavy (non-hydrogen) atoms. The number of likely N-dealkylation sites (tertiary alicyclic amines) is 1. The van der Waals surface area contributed by atoms with Gasteiger partial charge in [-0.05, 0) is 49.1 Å². The van der Waals surface area contributed by atoms with Crippen molar-refractivity contribution in [2.45, 2.75) is 32.4 Å². The maximum absolute atomic E-state index is 12.7. The van der Waals surface area contributed by atoms with Crippen molar-refractivity contribution in [1.82, 2.24) is 15.5 Å². The van der Waals surface area contributed by atoms with Crippen molar-refractivity contribution in [2.75, 3.05) is 20.2 Å². The number of nitrogens with zero attached hydrogens (tertiary/aromatic N) is 1. The molecule has 6 heteroatoms. The molecule has 0 spiro atoms. The Morgan fingerprint density at radius 2 is 1.75 bits per heavy atom. The van der Waals surface area contributed by atoms with E-state index in [1.807, 2.05) is 60.4 Å². The number of rotatable bonds is 5. The van der Waals surface area contributed by atoms with Gasteiger partial charge in [0, 0.05) is 31.2 Å². The van der Waals surface area contributed by atoms with Gasteiger partial charge in [0.2, 0.25) is 0 Å².